The molecule has 2 saturated heterocycles. The molecular formula is C24H28N2O9. The average Bonchev–Trinajstić information content (AvgIpc) is 2.88. The number of hydrogen-bond donors (Lipinski definition) is 4. The number of aliphatic hydroxyl groups is 4. The van der Waals surface area contributed by atoms with Gasteiger partial charge in [0.1, 0.15) is 30.2 Å². The van der Waals surface area contributed by atoms with Gasteiger partial charge in [-0.2, -0.15) is 0 Å². The summed E-state index contributed by atoms with van der Waals surface area (Å²) < 4.78 is 16.6. The number of aliphatic hydroxyl groups excluding tert-OH is 4. The van der Waals surface area contributed by atoms with E-state index >= 15 is 0 Å². The van der Waals surface area contributed by atoms with E-state index in [1.54, 1.807) is 24.3 Å². The molecule has 0 aromatic heterocycles. The number of rotatable bonds is 6. The summed E-state index contributed by atoms with van der Waals surface area (Å²) in [6.45, 7) is 2.99. The predicted octanol–water partition coefficient (Wildman–Crippen LogP) is -1.05. The second kappa shape index (κ2) is 9.78. The van der Waals surface area contributed by atoms with E-state index in [1.807, 2.05) is 0 Å². The molecule has 35 heavy (non-hydrogen) atoms. The maximum Gasteiger partial charge on any atom is 0.261 e. The number of benzene rings is 2. The second-order valence-corrected chi connectivity index (χ2v) is 8.87. The van der Waals surface area contributed by atoms with Crippen molar-refractivity contribution in [3.63, 3.8) is 0 Å². The van der Waals surface area contributed by atoms with Gasteiger partial charge in [0.05, 0.1) is 19.8 Å². The highest BCUT2D eigenvalue weighted by Gasteiger charge is 2.45. The second-order valence-electron chi connectivity index (χ2n) is 8.87. The number of ether oxygens (including phenoxy) is 3. The molecule has 188 valence electrons. The minimum atomic E-state index is -1.59. The van der Waals surface area contributed by atoms with Gasteiger partial charge in [-0.25, -0.2) is 0 Å². The molecule has 3 aliphatic heterocycles. The third kappa shape index (κ3) is 4.29. The normalized spacial score (nSPS) is 29.6. The molecule has 4 N–H and O–H groups in total. The molecule has 0 aliphatic carbocycles. The number of imide groups is 1. The van der Waals surface area contributed by atoms with Crippen LogP contribution in [0.4, 0.5) is 0 Å². The van der Waals surface area contributed by atoms with Crippen molar-refractivity contribution < 1.29 is 44.2 Å². The van der Waals surface area contributed by atoms with Crippen molar-refractivity contribution in [3.05, 3.63) is 41.5 Å². The Hall–Kier alpha value is -2.64. The van der Waals surface area contributed by atoms with Crippen molar-refractivity contribution in [3.8, 4) is 5.75 Å². The van der Waals surface area contributed by atoms with Gasteiger partial charge in [-0.05, 0) is 18.2 Å². The van der Waals surface area contributed by atoms with Crippen molar-refractivity contribution in [1.82, 2.24) is 9.80 Å². The molecule has 3 heterocycles. The van der Waals surface area contributed by atoms with Crippen LogP contribution in [0.5, 0.6) is 5.75 Å². The van der Waals surface area contributed by atoms with Crippen molar-refractivity contribution in [2.45, 2.75) is 30.7 Å². The lowest BCUT2D eigenvalue weighted by Crippen LogP contribution is -2.60. The third-order valence-electron chi connectivity index (χ3n) is 6.79. The maximum atomic E-state index is 13.3. The molecular weight excluding hydrogens is 460 g/mol. The predicted molar refractivity (Wildman–Crippen MR) is 121 cm³/mol. The van der Waals surface area contributed by atoms with Crippen LogP contribution in [-0.4, -0.2) is 119 Å². The van der Waals surface area contributed by atoms with E-state index in [1.165, 1.54) is 11.0 Å². The Bertz CT molecular complexity index is 1100. The Labute approximate surface area is 201 Å². The molecule has 0 spiro atoms. The van der Waals surface area contributed by atoms with Crippen LogP contribution in [0.25, 0.3) is 10.8 Å². The summed E-state index contributed by atoms with van der Waals surface area (Å²) in [6.07, 6.45) is -7.19. The Balaban J connectivity index is 1.42. The van der Waals surface area contributed by atoms with Crippen LogP contribution in [0, 0.1) is 0 Å². The number of hydrogen-bond acceptors (Lipinski definition) is 10. The topological polar surface area (TPSA) is 149 Å². The van der Waals surface area contributed by atoms with E-state index in [9.17, 15) is 30.0 Å². The van der Waals surface area contributed by atoms with E-state index in [0.29, 0.717) is 41.7 Å². The van der Waals surface area contributed by atoms with Gasteiger partial charge in [0.2, 0.25) is 6.29 Å². The van der Waals surface area contributed by atoms with Crippen LogP contribution in [0.2, 0.25) is 0 Å². The Morgan fingerprint density at radius 2 is 1.63 bits per heavy atom. The number of carbonyl (C=O) groups excluding carboxylic acids is 2. The van der Waals surface area contributed by atoms with Gasteiger partial charge in [0, 0.05) is 48.1 Å². The molecule has 11 nitrogen and oxygen atoms in total. The zero-order chi connectivity index (χ0) is 24.7. The summed E-state index contributed by atoms with van der Waals surface area (Å²) in [5, 5.41) is 40.7. The van der Waals surface area contributed by atoms with E-state index < -0.39 is 49.1 Å². The minimum absolute atomic E-state index is 0.220. The molecule has 2 amide bonds. The summed E-state index contributed by atoms with van der Waals surface area (Å²) in [5.41, 5.74) is 0.719. The van der Waals surface area contributed by atoms with Crippen LogP contribution in [0.15, 0.2) is 30.3 Å². The zero-order valence-corrected chi connectivity index (χ0v) is 18.9. The van der Waals surface area contributed by atoms with Gasteiger partial charge in [0.15, 0.2) is 0 Å². The monoisotopic (exact) mass is 488 g/mol. The molecule has 0 radical (unpaired) electrons. The molecule has 2 aromatic rings. The first kappa shape index (κ1) is 24.1. The lowest BCUT2D eigenvalue weighted by molar-refractivity contribution is -0.277. The van der Waals surface area contributed by atoms with Crippen LogP contribution in [0.3, 0.4) is 0 Å². The fourth-order valence-electron chi connectivity index (χ4n) is 4.78. The van der Waals surface area contributed by atoms with E-state index in [-0.39, 0.29) is 12.3 Å². The highest BCUT2D eigenvalue weighted by atomic mass is 16.7. The molecule has 0 unspecified atom stereocenters. The van der Waals surface area contributed by atoms with Crippen molar-refractivity contribution in [2.24, 2.45) is 0 Å². The summed E-state index contributed by atoms with van der Waals surface area (Å²) in [5.74, 6) is -0.574. The quantitative estimate of drug-likeness (QED) is 0.371. The average molecular weight is 488 g/mol. The first-order chi connectivity index (χ1) is 16.9. The molecule has 0 saturated carbocycles. The molecule has 5 atom stereocenters. The fourth-order valence-corrected chi connectivity index (χ4v) is 4.78. The third-order valence-corrected chi connectivity index (χ3v) is 6.79. The number of carbonyl (C=O) groups is 2. The van der Waals surface area contributed by atoms with Gasteiger partial charge in [-0.15, -0.1) is 0 Å². The van der Waals surface area contributed by atoms with E-state index in [0.717, 1.165) is 13.1 Å². The first-order valence-electron chi connectivity index (χ1n) is 11.6. The van der Waals surface area contributed by atoms with Crippen LogP contribution >= 0.6 is 0 Å². The number of nitrogens with zero attached hydrogens (tertiary/aromatic N) is 2. The first-order valence-corrected chi connectivity index (χ1v) is 11.6. The highest BCUT2D eigenvalue weighted by molar-refractivity contribution is 6.26. The summed E-state index contributed by atoms with van der Waals surface area (Å²) in [7, 11) is 0. The van der Waals surface area contributed by atoms with Gasteiger partial charge < -0.3 is 34.6 Å². The number of amides is 2. The maximum absolute atomic E-state index is 13.3. The van der Waals surface area contributed by atoms with Gasteiger partial charge in [0.25, 0.3) is 11.8 Å². The Kier molecular flexibility index (Phi) is 6.73. The number of morpholine rings is 1. The highest BCUT2D eigenvalue weighted by Crippen LogP contribution is 2.37. The molecule has 3 aliphatic rings. The van der Waals surface area contributed by atoms with E-state index in [4.69, 9.17) is 14.2 Å². The van der Waals surface area contributed by atoms with Crippen LogP contribution in [0.1, 0.15) is 20.7 Å². The lowest BCUT2D eigenvalue weighted by atomic mass is 9.93. The molecule has 5 rings (SSSR count). The summed E-state index contributed by atoms with van der Waals surface area (Å²) in [6, 6.07) is 8.11. The van der Waals surface area contributed by atoms with Gasteiger partial charge in [-0.1, -0.05) is 12.1 Å². The SMILES string of the molecule is O=C1c2cccc3c(O[C@@H]4O[C@H](CO)[C@@H](O)[C@H](O)[C@H]4O)ccc(c23)C(=O)N1CCN1CCOCC1. The summed E-state index contributed by atoms with van der Waals surface area (Å²) >= 11 is 0. The standard InChI is InChI=1S/C24H28N2O9/c27-12-17-19(28)20(29)21(30)24(35-17)34-16-5-4-15-18-13(16)2-1-3-14(18)22(31)26(23(15)32)7-6-25-8-10-33-11-9-25/h1-5,17,19-21,24,27-30H,6-12H2/t17-,19-,20+,21-,24-/m1/s1. The Morgan fingerprint density at radius 1 is 0.914 bits per heavy atom. The van der Waals surface area contributed by atoms with Crippen molar-refractivity contribution in [1.29, 1.82) is 0 Å². The van der Waals surface area contributed by atoms with Crippen molar-refractivity contribution in [2.75, 3.05) is 46.0 Å². The molecule has 2 fully saturated rings. The lowest BCUT2D eigenvalue weighted by Gasteiger charge is -2.39. The summed E-state index contributed by atoms with van der Waals surface area (Å²) in [4.78, 5) is 29.9. The van der Waals surface area contributed by atoms with Crippen LogP contribution in [-0.2, 0) is 9.47 Å². The Morgan fingerprint density at radius 3 is 2.34 bits per heavy atom. The van der Waals surface area contributed by atoms with Crippen LogP contribution < -0.4 is 4.74 Å². The minimum Gasteiger partial charge on any atom is -0.461 e. The molecule has 0 bridgehead atoms. The van der Waals surface area contributed by atoms with Gasteiger partial charge >= 0.3 is 0 Å². The molecule has 2 aromatic carbocycles. The van der Waals surface area contributed by atoms with E-state index in [2.05, 4.69) is 4.90 Å². The molecule has 11 heteroatoms. The zero-order valence-electron chi connectivity index (χ0n) is 18.9. The fraction of sp³-hybridized carbons (Fsp3) is 0.500. The van der Waals surface area contributed by atoms with Gasteiger partial charge in [-0.3, -0.25) is 19.4 Å². The van der Waals surface area contributed by atoms with Crippen molar-refractivity contribution >= 4 is 22.6 Å². The smallest absolute Gasteiger partial charge is 0.261 e. The largest absolute Gasteiger partial charge is 0.461 e.